The van der Waals surface area contributed by atoms with Crippen LogP contribution in [0.3, 0.4) is 0 Å². The van der Waals surface area contributed by atoms with Crippen molar-refractivity contribution < 1.29 is 14.7 Å². The van der Waals surface area contributed by atoms with Crippen molar-refractivity contribution in [2.24, 2.45) is 11.8 Å². The summed E-state index contributed by atoms with van der Waals surface area (Å²) in [6.07, 6.45) is 1.15. The first-order chi connectivity index (χ1) is 9.86. The summed E-state index contributed by atoms with van der Waals surface area (Å²) < 4.78 is 0. The van der Waals surface area contributed by atoms with Crippen LogP contribution in [-0.2, 0) is 6.54 Å². The summed E-state index contributed by atoms with van der Waals surface area (Å²) in [7, 11) is 0. The second-order valence-corrected chi connectivity index (χ2v) is 6.92. The number of amides is 2. The Morgan fingerprint density at radius 3 is 2.52 bits per heavy atom. The van der Waals surface area contributed by atoms with Crippen LogP contribution in [0, 0.1) is 18.8 Å². The van der Waals surface area contributed by atoms with E-state index in [0.29, 0.717) is 22.5 Å². The fraction of sp³-hybridized carbons (Fsp3) is 0.643. The molecule has 1 aliphatic heterocycles. The molecule has 116 valence electrons. The van der Waals surface area contributed by atoms with Gasteiger partial charge in [-0.25, -0.2) is 14.6 Å². The molecule has 0 spiro atoms. The summed E-state index contributed by atoms with van der Waals surface area (Å²) in [5.41, 5.74) is 0.497. The quantitative estimate of drug-likeness (QED) is 0.897. The fourth-order valence-electron chi connectivity index (χ4n) is 2.82. The van der Waals surface area contributed by atoms with Crippen LogP contribution in [0.2, 0.25) is 0 Å². The smallest absolute Gasteiger partial charge is 0.347 e. The maximum atomic E-state index is 12.2. The zero-order chi connectivity index (χ0) is 15.6. The molecule has 0 saturated carbocycles. The van der Waals surface area contributed by atoms with Crippen molar-refractivity contribution in [2.45, 2.75) is 33.7 Å². The van der Waals surface area contributed by atoms with E-state index in [1.54, 1.807) is 6.92 Å². The lowest BCUT2D eigenvalue weighted by Crippen LogP contribution is -2.47. The van der Waals surface area contributed by atoms with Gasteiger partial charge in [-0.1, -0.05) is 13.8 Å². The van der Waals surface area contributed by atoms with Crippen molar-refractivity contribution >= 4 is 23.3 Å². The first-order valence-corrected chi connectivity index (χ1v) is 7.90. The number of nitrogens with one attached hydrogen (secondary N) is 1. The Labute approximate surface area is 128 Å². The van der Waals surface area contributed by atoms with Crippen molar-refractivity contribution in [2.75, 3.05) is 13.1 Å². The van der Waals surface area contributed by atoms with Crippen molar-refractivity contribution in [3.05, 3.63) is 15.6 Å². The average molecular weight is 311 g/mol. The SMILES string of the molecule is Cc1nc(CNC(=O)N2CC(C)CC(C)C2)sc1C(=O)O. The van der Waals surface area contributed by atoms with Gasteiger partial charge in [0.25, 0.3) is 0 Å². The zero-order valence-corrected chi connectivity index (χ0v) is 13.4. The third-order valence-electron chi connectivity index (χ3n) is 3.58. The molecule has 2 N–H and O–H groups in total. The summed E-state index contributed by atoms with van der Waals surface area (Å²) in [6, 6.07) is -0.0990. The highest BCUT2D eigenvalue weighted by atomic mass is 32.1. The second-order valence-electron chi connectivity index (χ2n) is 5.84. The number of piperidine rings is 1. The minimum Gasteiger partial charge on any atom is -0.477 e. The Balaban J connectivity index is 1.92. The molecule has 2 amide bonds. The van der Waals surface area contributed by atoms with Gasteiger partial charge in [0.2, 0.25) is 0 Å². The minimum atomic E-state index is -0.971. The molecule has 0 radical (unpaired) electrons. The van der Waals surface area contributed by atoms with Gasteiger partial charge < -0.3 is 15.3 Å². The Bertz CT molecular complexity index is 534. The van der Waals surface area contributed by atoms with E-state index in [1.807, 2.05) is 4.90 Å². The number of nitrogens with zero attached hydrogens (tertiary/aromatic N) is 2. The number of hydrogen-bond donors (Lipinski definition) is 2. The Hall–Kier alpha value is -1.63. The van der Waals surface area contributed by atoms with Gasteiger partial charge in [-0.15, -0.1) is 11.3 Å². The molecule has 2 atom stereocenters. The predicted octanol–water partition coefficient (Wildman–Crippen LogP) is 2.34. The first-order valence-electron chi connectivity index (χ1n) is 7.09. The lowest BCUT2D eigenvalue weighted by atomic mass is 9.92. The van der Waals surface area contributed by atoms with Crippen LogP contribution in [0.25, 0.3) is 0 Å². The van der Waals surface area contributed by atoms with Gasteiger partial charge in [-0.05, 0) is 25.2 Å². The maximum Gasteiger partial charge on any atom is 0.347 e. The van der Waals surface area contributed by atoms with E-state index in [0.717, 1.165) is 30.8 Å². The van der Waals surface area contributed by atoms with Crippen molar-refractivity contribution in [3.63, 3.8) is 0 Å². The van der Waals surface area contributed by atoms with Crippen LogP contribution in [0.5, 0.6) is 0 Å². The van der Waals surface area contributed by atoms with Crippen molar-refractivity contribution in [1.29, 1.82) is 0 Å². The van der Waals surface area contributed by atoms with Crippen molar-refractivity contribution in [3.8, 4) is 0 Å². The second kappa shape index (κ2) is 6.43. The molecule has 2 heterocycles. The van der Waals surface area contributed by atoms with Gasteiger partial charge in [-0.2, -0.15) is 0 Å². The van der Waals surface area contributed by atoms with E-state index in [4.69, 9.17) is 5.11 Å². The van der Waals surface area contributed by atoms with Gasteiger partial charge in [0.1, 0.15) is 9.88 Å². The molecule has 6 nitrogen and oxygen atoms in total. The minimum absolute atomic E-state index is 0.0990. The molecule has 1 aliphatic rings. The Morgan fingerprint density at radius 1 is 1.38 bits per heavy atom. The van der Waals surface area contributed by atoms with Gasteiger partial charge in [0.15, 0.2) is 0 Å². The third-order valence-corrected chi connectivity index (χ3v) is 4.73. The van der Waals surface area contributed by atoms with Crippen LogP contribution in [-0.4, -0.2) is 40.1 Å². The number of carbonyl (C=O) groups excluding carboxylic acids is 1. The summed E-state index contributed by atoms with van der Waals surface area (Å²) in [4.78, 5) is 29.4. The summed E-state index contributed by atoms with van der Waals surface area (Å²) in [5, 5.41) is 12.4. The summed E-state index contributed by atoms with van der Waals surface area (Å²) >= 11 is 1.11. The van der Waals surface area contributed by atoms with Gasteiger partial charge in [-0.3, -0.25) is 0 Å². The number of hydrogen-bond acceptors (Lipinski definition) is 4. The van der Waals surface area contributed by atoms with E-state index >= 15 is 0 Å². The zero-order valence-electron chi connectivity index (χ0n) is 12.5. The number of aryl methyl sites for hydroxylation is 1. The summed E-state index contributed by atoms with van der Waals surface area (Å²) in [6.45, 7) is 7.79. The molecule has 1 aromatic rings. The molecule has 1 saturated heterocycles. The van der Waals surface area contributed by atoms with Gasteiger partial charge in [0, 0.05) is 13.1 Å². The number of carboxylic acids is 1. The van der Waals surface area contributed by atoms with Crippen LogP contribution in [0.1, 0.15) is 40.6 Å². The largest absolute Gasteiger partial charge is 0.477 e. The highest BCUT2D eigenvalue weighted by Gasteiger charge is 2.25. The van der Waals surface area contributed by atoms with E-state index in [1.165, 1.54) is 0 Å². The third kappa shape index (κ3) is 3.93. The van der Waals surface area contributed by atoms with E-state index in [-0.39, 0.29) is 17.5 Å². The number of carboxylic acid groups (broad SMARTS) is 1. The molecule has 0 bridgehead atoms. The first kappa shape index (κ1) is 15.8. The predicted molar refractivity (Wildman–Crippen MR) is 80.6 cm³/mol. The average Bonchev–Trinajstić information content (AvgIpc) is 2.76. The molecule has 0 aromatic carbocycles. The van der Waals surface area contributed by atoms with E-state index in [9.17, 15) is 9.59 Å². The highest BCUT2D eigenvalue weighted by molar-refractivity contribution is 7.13. The van der Waals surface area contributed by atoms with Gasteiger partial charge >= 0.3 is 12.0 Å². The Morgan fingerprint density at radius 2 is 2.00 bits per heavy atom. The number of aromatic nitrogens is 1. The molecule has 7 heteroatoms. The number of carbonyl (C=O) groups is 2. The molecule has 21 heavy (non-hydrogen) atoms. The maximum absolute atomic E-state index is 12.2. The van der Waals surface area contributed by atoms with Crippen LogP contribution >= 0.6 is 11.3 Å². The number of likely N-dealkylation sites (tertiary alicyclic amines) is 1. The normalized spacial score (nSPS) is 22.1. The number of urea groups is 1. The van der Waals surface area contributed by atoms with Crippen LogP contribution in [0.15, 0.2) is 0 Å². The number of thiazole rings is 1. The molecule has 1 fully saturated rings. The van der Waals surface area contributed by atoms with Gasteiger partial charge in [0.05, 0.1) is 12.2 Å². The molecule has 2 unspecified atom stereocenters. The van der Waals surface area contributed by atoms with Crippen molar-refractivity contribution in [1.82, 2.24) is 15.2 Å². The molecular weight excluding hydrogens is 290 g/mol. The monoisotopic (exact) mass is 311 g/mol. The van der Waals surface area contributed by atoms with Crippen LogP contribution < -0.4 is 5.32 Å². The van der Waals surface area contributed by atoms with E-state index < -0.39 is 5.97 Å². The van der Waals surface area contributed by atoms with E-state index in [2.05, 4.69) is 24.1 Å². The topological polar surface area (TPSA) is 82.5 Å². The number of rotatable bonds is 3. The summed E-state index contributed by atoms with van der Waals surface area (Å²) in [5.74, 6) is 0.0571. The molecule has 2 rings (SSSR count). The lowest BCUT2D eigenvalue weighted by Gasteiger charge is -2.34. The highest BCUT2D eigenvalue weighted by Crippen LogP contribution is 2.21. The molecule has 1 aromatic heterocycles. The molecule has 0 aliphatic carbocycles. The standard InChI is InChI=1S/C14H21N3O3S/c1-8-4-9(2)7-17(6-8)14(20)15-5-11-16-10(3)12(21-11)13(18)19/h8-9H,4-7H2,1-3H3,(H,15,20)(H,18,19). The fourth-order valence-corrected chi connectivity index (χ4v) is 3.66. The Kier molecular flexibility index (Phi) is 4.82. The van der Waals surface area contributed by atoms with Crippen LogP contribution in [0.4, 0.5) is 4.79 Å². The number of aromatic carboxylic acids is 1. The molecular formula is C14H21N3O3S. The lowest BCUT2D eigenvalue weighted by molar-refractivity contribution is 0.0701.